The molecular weight excluding hydrogens is 760 g/mol. The van der Waals surface area contributed by atoms with Crippen LogP contribution in [0, 0.1) is 22.1 Å². The number of esters is 1. The number of halogens is 5. The molecule has 2 aromatic rings. The van der Waals surface area contributed by atoms with Crippen LogP contribution in [-0.4, -0.2) is 58.4 Å². The highest BCUT2D eigenvalue weighted by Crippen LogP contribution is 2.40. The fourth-order valence-electron chi connectivity index (χ4n) is 6.06. The molecule has 3 heterocycles. The third kappa shape index (κ3) is 12.0. The van der Waals surface area contributed by atoms with Crippen LogP contribution in [0.15, 0.2) is 46.4 Å². The maximum absolute atomic E-state index is 13.8. The minimum atomic E-state index is -0.867. The molecule has 0 radical (unpaired) electrons. The zero-order chi connectivity index (χ0) is 37.7. The number of cyclic esters (lactones) is 1. The van der Waals surface area contributed by atoms with Crippen molar-refractivity contribution >= 4 is 98.7 Å². The minimum absolute atomic E-state index is 0.0895. The van der Waals surface area contributed by atoms with E-state index < -0.39 is 41.5 Å². The highest BCUT2D eigenvalue weighted by atomic mass is 35.5. The third-order valence-electron chi connectivity index (χ3n) is 8.81. The van der Waals surface area contributed by atoms with Crippen molar-refractivity contribution in [2.45, 2.75) is 90.4 Å². The molecular formula is C36H42Cl5N5O5. The minimum Gasteiger partial charge on any atom is -0.455 e. The van der Waals surface area contributed by atoms with E-state index in [1.807, 2.05) is 67.1 Å². The Morgan fingerprint density at radius 2 is 1.67 bits per heavy atom. The van der Waals surface area contributed by atoms with E-state index in [-0.39, 0.29) is 22.2 Å². The predicted octanol–water partition coefficient (Wildman–Crippen LogP) is 7.45. The van der Waals surface area contributed by atoms with E-state index >= 15 is 0 Å². The lowest BCUT2D eigenvalue weighted by molar-refractivity contribution is -0.157. The summed E-state index contributed by atoms with van der Waals surface area (Å²) >= 11 is 24.2. The molecule has 3 N–H and O–H groups in total. The molecule has 10 nitrogen and oxygen atoms in total. The Labute approximate surface area is 323 Å². The van der Waals surface area contributed by atoms with Crippen LogP contribution in [0.3, 0.4) is 0 Å². The molecule has 2 fully saturated rings. The standard InChI is InChI=1S/C32H41N5O5.C2HCl3.C2Cl2/c1-19(2)27-28(38)33-20(3)29(39)37-17-7-8-25(36-37)30(40)42-21(4)24-12-11-23-10-9-22(18-26(23)34-24)13-16-32(31(41)35-27)14-5-6-15-32;3-1-2(4)5;3-1-2-4/h9-13,16,18-21,25,27,36H,5-8,14-15,17H2,1-4H3,(H,33,38)(H,35,41);1H;/b16-13+;;/t20-,21+,25-,27-;;/m0../s1. The summed E-state index contributed by atoms with van der Waals surface area (Å²) in [6.45, 7) is 7.52. The molecule has 3 aliphatic rings. The van der Waals surface area contributed by atoms with Crippen LogP contribution in [-0.2, 0) is 23.9 Å². The molecule has 1 aromatic heterocycles. The topological polar surface area (TPSA) is 130 Å². The maximum Gasteiger partial charge on any atom is 0.325 e. The number of aromatic nitrogens is 1. The van der Waals surface area contributed by atoms with Gasteiger partial charge in [-0.25, -0.2) is 10.4 Å². The van der Waals surface area contributed by atoms with Gasteiger partial charge in [0.15, 0.2) is 0 Å². The zero-order valence-electron chi connectivity index (χ0n) is 28.8. The highest BCUT2D eigenvalue weighted by Gasteiger charge is 2.41. The van der Waals surface area contributed by atoms with Crippen LogP contribution < -0.4 is 16.1 Å². The molecule has 5 bridgehead atoms. The first-order chi connectivity index (χ1) is 24.2. The van der Waals surface area contributed by atoms with Crippen LogP contribution >= 0.6 is 58.0 Å². The first-order valence-corrected chi connectivity index (χ1v) is 18.5. The van der Waals surface area contributed by atoms with Crippen LogP contribution in [0.25, 0.3) is 17.0 Å². The summed E-state index contributed by atoms with van der Waals surface area (Å²) in [4.78, 5) is 58.4. The number of pyridine rings is 1. The van der Waals surface area contributed by atoms with Crippen molar-refractivity contribution in [3.05, 3.63) is 57.7 Å². The molecule has 1 aromatic carbocycles. The van der Waals surface area contributed by atoms with E-state index in [4.69, 9.17) is 67.7 Å². The molecule has 276 valence electrons. The molecule has 51 heavy (non-hydrogen) atoms. The number of benzene rings is 1. The van der Waals surface area contributed by atoms with Crippen LogP contribution in [0.2, 0.25) is 0 Å². The Morgan fingerprint density at radius 3 is 2.27 bits per heavy atom. The molecule has 4 atom stereocenters. The van der Waals surface area contributed by atoms with E-state index in [9.17, 15) is 19.2 Å². The SMILES string of the molecule is CC(C)[C@@H]1NC(=O)C2(/C=C/c3ccc4ccc(nc4c3)[C@@H](C)OC(=O)[C@@H]3CCCN(N3)C(=O)[C@H](C)NC1=O)CCCC2.ClC#CCl.ClC=C(Cl)Cl. The lowest BCUT2D eigenvalue weighted by atomic mass is 9.83. The predicted molar refractivity (Wildman–Crippen MR) is 204 cm³/mol. The monoisotopic (exact) mass is 799 g/mol. The summed E-state index contributed by atoms with van der Waals surface area (Å²) in [6, 6.07) is 7.36. The Morgan fingerprint density at radius 1 is 1.02 bits per heavy atom. The Bertz CT molecular complexity index is 1680. The van der Waals surface area contributed by atoms with Gasteiger partial charge in [-0.05, 0) is 86.3 Å². The number of carbonyl (C=O) groups is 4. The van der Waals surface area contributed by atoms with Gasteiger partial charge < -0.3 is 15.4 Å². The van der Waals surface area contributed by atoms with Crippen molar-refractivity contribution in [3.63, 3.8) is 0 Å². The molecule has 1 aliphatic carbocycles. The molecule has 15 heteroatoms. The van der Waals surface area contributed by atoms with Gasteiger partial charge in [-0.15, -0.1) is 0 Å². The van der Waals surface area contributed by atoms with E-state index in [0.29, 0.717) is 37.9 Å². The average Bonchev–Trinajstić information content (AvgIpc) is 3.62. The van der Waals surface area contributed by atoms with E-state index in [1.54, 1.807) is 13.8 Å². The van der Waals surface area contributed by atoms with Gasteiger partial charge in [0.05, 0.1) is 16.6 Å². The van der Waals surface area contributed by atoms with E-state index in [0.717, 1.165) is 34.8 Å². The molecule has 2 aliphatic heterocycles. The fourth-order valence-corrected chi connectivity index (χ4v) is 6.06. The summed E-state index contributed by atoms with van der Waals surface area (Å²) in [5.74, 6) is -1.63. The first kappa shape index (κ1) is 42.4. The number of hydrogen-bond acceptors (Lipinski definition) is 7. The number of ether oxygens (including phenoxy) is 1. The molecule has 1 spiro atoms. The summed E-state index contributed by atoms with van der Waals surface area (Å²) in [7, 11) is 0. The average molecular weight is 802 g/mol. The van der Waals surface area contributed by atoms with Gasteiger partial charge in [0, 0.05) is 28.2 Å². The van der Waals surface area contributed by atoms with Gasteiger partial charge in [-0.2, -0.15) is 0 Å². The van der Waals surface area contributed by atoms with Gasteiger partial charge in [-0.1, -0.05) is 91.8 Å². The van der Waals surface area contributed by atoms with E-state index in [2.05, 4.69) is 16.1 Å². The number of amides is 3. The number of nitrogens with one attached hydrogen (secondary N) is 3. The molecule has 5 rings (SSSR count). The second kappa shape index (κ2) is 20.3. The molecule has 0 unspecified atom stereocenters. The number of rotatable bonds is 1. The van der Waals surface area contributed by atoms with Gasteiger partial charge in [0.1, 0.15) is 28.7 Å². The van der Waals surface area contributed by atoms with E-state index in [1.165, 1.54) is 5.01 Å². The number of hydrazine groups is 1. The van der Waals surface area contributed by atoms with Gasteiger partial charge >= 0.3 is 5.97 Å². The zero-order valence-corrected chi connectivity index (χ0v) is 32.6. The molecule has 3 amide bonds. The second-order valence-corrected chi connectivity index (χ2v) is 14.4. The van der Waals surface area contributed by atoms with Gasteiger partial charge in [0.25, 0.3) is 5.91 Å². The van der Waals surface area contributed by atoms with Crippen LogP contribution in [0.1, 0.15) is 83.6 Å². The normalized spacial score (nSPS) is 24.1. The third-order valence-corrected chi connectivity index (χ3v) is 9.76. The van der Waals surface area contributed by atoms with Crippen molar-refractivity contribution in [1.29, 1.82) is 0 Å². The molecule has 1 saturated carbocycles. The van der Waals surface area contributed by atoms with Crippen molar-refractivity contribution in [2.24, 2.45) is 11.3 Å². The molecule has 1 saturated heterocycles. The number of fused-ring (bicyclic) bond motifs is 4. The summed E-state index contributed by atoms with van der Waals surface area (Å²) in [6.07, 6.45) is 7.67. The summed E-state index contributed by atoms with van der Waals surface area (Å²) in [5, 5.41) is 12.0. The van der Waals surface area contributed by atoms with Crippen molar-refractivity contribution in [1.82, 2.24) is 26.1 Å². The second-order valence-electron chi connectivity index (χ2n) is 12.8. The lowest BCUT2D eigenvalue weighted by Crippen LogP contribution is -2.61. The highest BCUT2D eigenvalue weighted by molar-refractivity contribution is 6.58. The maximum atomic E-state index is 13.8. The van der Waals surface area contributed by atoms with Gasteiger partial charge in [-0.3, -0.25) is 24.2 Å². The quantitative estimate of drug-likeness (QED) is 0.202. The van der Waals surface area contributed by atoms with Crippen LogP contribution in [0.5, 0.6) is 0 Å². The van der Waals surface area contributed by atoms with Crippen molar-refractivity contribution in [3.8, 4) is 10.8 Å². The first-order valence-electron chi connectivity index (χ1n) is 16.6. The smallest absolute Gasteiger partial charge is 0.325 e. The summed E-state index contributed by atoms with van der Waals surface area (Å²) in [5.41, 5.74) is 5.63. The van der Waals surface area contributed by atoms with Gasteiger partial charge in [0.2, 0.25) is 11.8 Å². The number of nitrogens with zero attached hydrogens (tertiary/aromatic N) is 2. The number of carbonyl (C=O) groups excluding carboxylic acids is 4. The number of hydrogen-bond donors (Lipinski definition) is 3. The summed E-state index contributed by atoms with van der Waals surface area (Å²) < 4.78 is 5.87. The van der Waals surface area contributed by atoms with Crippen LogP contribution in [0.4, 0.5) is 0 Å². The Balaban J connectivity index is 0.000000697. The fraction of sp³-hybridized carbons (Fsp3) is 0.472. The largest absolute Gasteiger partial charge is 0.455 e. The van der Waals surface area contributed by atoms with Crippen molar-refractivity contribution in [2.75, 3.05) is 6.54 Å². The van der Waals surface area contributed by atoms with Crippen molar-refractivity contribution < 1.29 is 23.9 Å². The Hall–Kier alpha value is -3.04. The Kier molecular flexibility index (Phi) is 16.8. The lowest BCUT2D eigenvalue weighted by Gasteiger charge is -2.35.